The molecule has 1 aliphatic rings. The van der Waals surface area contributed by atoms with Gasteiger partial charge < -0.3 is 9.72 Å². The van der Waals surface area contributed by atoms with Crippen LogP contribution in [0.4, 0.5) is 0 Å². The summed E-state index contributed by atoms with van der Waals surface area (Å²) in [6.45, 7) is 2.79. The number of aryl methyl sites for hydroxylation is 2. The molecule has 1 aliphatic heterocycles. The Morgan fingerprint density at radius 1 is 1.41 bits per heavy atom. The maximum atomic E-state index is 5.61. The quantitative estimate of drug-likeness (QED) is 0.874. The summed E-state index contributed by atoms with van der Waals surface area (Å²) in [6.07, 6.45) is 2.18. The Hall–Kier alpha value is -1.29. The van der Waals surface area contributed by atoms with Crippen LogP contribution in [0.15, 0.2) is 22.8 Å². The third-order valence-corrected chi connectivity index (χ3v) is 3.53. The molecule has 0 saturated heterocycles. The lowest BCUT2D eigenvalue weighted by molar-refractivity contribution is 0.288. The van der Waals surface area contributed by atoms with Crippen molar-refractivity contribution in [2.45, 2.75) is 19.8 Å². The Bertz CT molecular complexity index is 563. The second kappa shape index (κ2) is 4.18. The van der Waals surface area contributed by atoms with Gasteiger partial charge in [-0.1, -0.05) is 0 Å². The minimum Gasteiger partial charge on any atom is -0.493 e. The summed E-state index contributed by atoms with van der Waals surface area (Å²) < 4.78 is 6.55. The average Bonchev–Trinajstić information content (AvgIpc) is 2.68. The van der Waals surface area contributed by atoms with Crippen LogP contribution in [0.1, 0.15) is 17.8 Å². The number of ether oxygens (including phenoxy) is 1. The predicted molar refractivity (Wildman–Crippen MR) is 70.3 cm³/mol. The van der Waals surface area contributed by atoms with E-state index >= 15 is 0 Å². The summed E-state index contributed by atoms with van der Waals surface area (Å²) in [6, 6.07) is 6.28. The predicted octanol–water partition coefficient (Wildman–Crippen LogP) is 3.47. The molecule has 0 atom stereocenters. The molecule has 88 valence electrons. The van der Waals surface area contributed by atoms with Crippen molar-refractivity contribution >= 4 is 15.9 Å². The van der Waals surface area contributed by atoms with E-state index in [1.54, 1.807) is 0 Å². The first-order valence-electron chi connectivity index (χ1n) is 5.72. The molecule has 0 spiro atoms. The van der Waals surface area contributed by atoms with Crippen molar-refractivity contribution in [3.05, 3.63) is 34.2 Å². The van der Waals surface area contributed by atoms with E-state index in [1.165, 1.54) is 5.56 Å². The summed E-state index contributed by atoms with van der Waals surface area (Å²) in [5.41, 5.74) is 3.38. The number of imidazole rings is 1. The average molecular weight is 293 g/mol. The molecule has 2 heterocycles. The number of hydrogen-bond acceptors (Lipinski definition) is 2. The van der Waals surface area contributed by atoms with Gasteiger partial charge in [-0.2, -0.15) is 0 Å². The van der Waals surface area contributed by atoms with E-state index < -0.39 is 0 Å². The van der Waals surface area contributed by atoms with Crippen molar-refractivity contribution < 1.29 is 4.74 Å². The number of rotatable bonds is 1. The molecule has 2 aromatic rings. The molecule has 1 aromatic carbocycles. The van der Waals surface area contributed by atoms with Gasteiger partial charge in [0.1, 0.15) is 21.9 Å². The number of H-pyrrole nitrogens is 1. The zero-order chi connectivity index (χ0) is 11.8. The number of aromatic amines is 1. The Morgan fingerprint density at radius 3 is 3.06 bits per heavy atom. The van der Waals surface area contributed by atoms with Crippen molar-refractivity contribution in [1.29, 1.82) is 0 Å². The number of fused-ring (bicyclic) bond motifs is 1. The molecule has 3 rings (SSSR count). The number of nitrogens with zero attached hydrogens (tertiary/aromatic N) is 1. The fourth-order valence-electron chi connectivity index (χ4n) is 2.16. The summed E-state index contributed by atoms with van der Waals surface area (Å²) in [5.74, 6) is 1.93. The zero-order valence-electron chi connectivity index (χ0n) is 9.59. The molecule has 0 bridgehead atoms. The smallest absolute Gasteiger partial charge is 0.122 e. The molecule has 3 nitrogen and oxygen atoms in total. The van der Waals surface area contributed by atoms with Crippen LogP contribution in [0.5, 0.6) is 5.75 Å². The molecule has 0 radical (unpaired) electrons. The molecule has 17 heavy (non-hydrogen) atoms. The third-order valence-electron chi connectivity index (χ3n) is 2.96. The highest BCUT2D eigenvalue weighted by molar-refractivity contribution is 9.10. The van der Waals surface area contributed by atoms with E-state index in [0.717, 1.165) is 46.9 Å². The van der Waals surface area contributed by atoms with E-state index in [2.05, 4.69) is 38.0 Å². The highest BCUT2D eigenvalue weighted by atomic mass is 79.9. The fourth-order valence-corrected chi connectivity index (χ4v) is 2.77. The lowest BCUT2D eigenvalue weighted by Crippen LogP contribution is -2.08. The van der Waals surface area contributed by atoms with E-state index in [9.17, 15) is 0 Å². The van der Waals surface area contributed by atoms with Gasteiger partial charge in [0.15, 0.2) is 0 Å². The molecule has 1 aromatic heterocycles. The first kappa shape index (κ1) is 10.8. The lowest BCUT2D eigenvalue weighted by Gasteiger charge is -2.17. The van der Waals surface area contributed by atoms with Crippen LogP contribution in [-0.4, -0.2) is 16.6 Å². The van der Waals surface area contributed by atoms with Crippen LogP contribution < -0.4 is 4.74 Å². The van der Waals surface area contributed by atoms with Crippen LogP contribution in [-0.2, 0) is 6.42 Å². The molecule has 0 unspecified atom stereocenters. The Labute approximate surface area is 108 Å². The Kier molecular flexibility index (Phi) is 2.67. The molecule has 1 N–H and O–H groups in total. The largest absolute Gasteiger partial charge is 0.493 e. The summed E-state index contributed by atoms with van der Waals surface area (Å²) >= 11 is 3.50. The topological polar surface area (TPSA) is 37.9 Å². The van der Waals surface area contributed by atoms with Crippen LogP contribution in [0.3, 0.4) is 0 Å². The SMILES string of the molecule is Cc1nc(-c2ccc3c(c2)CCCO3)c(Br)[nH]1. The van der Waals surface area contributed by atoms with E-state index in [-0.39, 0.29) is 0 Å². The maximum Gasteiger partial charge on any atom is 0.122 e. The highest BCUT2D eigenvalue weighted by Crippen LogP contribution is 2.32. The second-order valence-electron chi connectivity index (χ2n) is 4.26. The normalized spacial score (nSPS) is 14.2. The minimum atomic E-state index is 0.831. The van der Waals surface area contributed by atoms with E-state index in [0.29, 0.717) is 0 Å². The monoisotopic (exact) mass is 292 g/mol. The Balaban J connectivity index is 2.06. The van der Waals surface area contributed by atoms with Crippen molar-refractivity contribution in [2.24, 2.45) is 0 Å². The molecule has 4 heteroatoms. The minimum absolute atomic E-state index is 0.831. The van der Waals surface area contributed by atoms with Gasteiger partial charge in [0.05, 0.1) is 6.61 Å². The summed E-state index contributed by atoms with van der Waals surface area (Å²) in [7, 11) is 0. The first-order chi connectivity index (χ1) is 8.24. The fraction of sp³-hybridized carbons (Fsp3) is 0.308. The molecule has 0 saturated carbocycles. The molecule has 0 amide bonds. The first-order valence-corrected chi connectivity index (χ1v) is 6.51. The summed E-state index contributed by atoms with van der Waals surface area (Å²) in [4.78, 5) is 7.65. The van der Waals surface area contributed by atoms with Gasteiger partial charge in [0.25, 0.3) is 0 Å². The van der Waals surface area contributed by atoms with Crippen molar-refractivity contribution in [3.63, 3.8) is 0 Å². The maximum absolute atomic E-state index is 5.61. The van der Waals surface area contributed by atoms with Crippen LogP contribution >= 0.6 is 15.9 Å². The number of aromatic nitrogens is 2. The van der Waals surface area contributed by atoms with Gasteiger partial charge in [0.2, 0.25) is 0 Å². The van der Waals surface area contributed by atoms with Gasteiger partial charge >= 0.3 is 0 Å². The van der Waals surface area contributed by atoms with Crippen LogP contribution in [0, 0.1) is 6.92 Å². The molecular weight excluding hydrogens is 280 g/mol. The van der Waals surface area contributed by atoms with Gasteiger partial charge in [-0.15, -0.1) is 0 Å². The number of halogens is 1. The van der Waals surface area contributed by atoms with Crippen LogP contribution in [0.2, 0.25) is 0 Å². The number of nitrogens with one attached hydrogen (secondary N) is 1. The molecule has 0 fully saturated rings. The van der Waals surface area contributed by atoms with Gasteiger partial charge in [-0.3, -0.25) is 0 Å². The van der Waals surface area contributed by atoms with Crippen LogP contribution in [0.25, 0.3) is 11.3 Å². The number of hydrogen-bond donors (Lipinski definition) is 1. The summed E-state index contributed by atoms with van der Waals surface area (Å²) in [5, 5.41) is 0. The van der Waals surface area contributed by atoms with Crippen molar-refractivity contribution in [3.8, 4) is 17.0 Å². The van der Waals surface area contributed by atoms with Gasteiger partial charge in [-0.25, -0.2) is 4.98 Å². The Morgan fingerprint density at radius 2 is 2.29 bits per heavy atom. The van der Waals surface area contributed by atoms with E-state index in [1.807, 2.05) is 13.0 Å². The zero-order valence-corrected chi connectivity index (χ0v) is 11.2. The standard InChI is InChI=1S/C13H13BrN2O/c1-8-15-12(13(14)16-8)10-4-5-11-9(7-10)3-2-6-17-11/h4-5,7H,2-3,6H2,1H3,(H,15,16). The van der Waals surface area contributed by atoms with Crippen molar-refractivity contribution in [1.82, 2.24) is 9.97 Å². The van der Waals surface area contributed by atoms with Crippen molar-refractivity contribution in [2.75, 3.05) is 6.61 Å². The van der Waals surface area contributed by atoms with Gasteiger partial charge in [-0.05, 0) is 59.5 Å². The third kappa shape index (κ3) is 1.97. The van der Waals surface area contributed by atoms with Gasteiger partial charge in [0, 0.05) is 5.56 Å². The highest BCUT2D eigenvalue weighted by Gasteiger charge is 2.14. The molecule has 0 aliphatic carbocycles. The van der Waals surface area contributed by atoms with E-state index in [4.69, 9.17) is 4.74 Å². The lowest BCUT2D eigenvalue weighted by atomic mass is 10.0. The second-order valence-corrected chi connectivity index (χ2v) is 5.05. The number of benzene rings is 1. The molecular formula is C13H13BrN2O.